The molecule has 220 valence electrons. The molecule has 0 amide bonds. The van der Waals surface area contributed by atoms with Crippen molar-refractivity contribution in [3.8, 4) is 23.3 Å². The van der Waals surface area contributed by atoms with E-state index >= 15 is 4.39 Å². The van der Waals surface area contributed by atoms with Crippen molar-refractivity contribution in [1.29, 1.82) is 5.26 Å². The molecule has 0 unspecified atom stereocenters. The van der Waals surface area contributed by atoms with Crippen LogP contribution in [0.15, 0.2) is 12.3 Å². The van der Waals surface area contributed by atoms with Crippen molar-refractivity contribution in [2.24, 2.45) is 5.92 Å². The number of hydrogen-bond donors (Lipinski definition) is 2. The third-order valence-corrected chi connectivity index (χ3v) is 9.68. The zero-order valence-electron chi connectivity index (χ0n) is 23.6. The first-order chi connectivity index (χ1) is 20.1. The number of nitrogens with zero attached hydrogens (tertiary/aromatic N) is 6. The molecular weight excluding hydrogens is 565 g/mol. The quantitative estimate of drug-likeness (QED) is 0.290. The predicted molar refractivity (Wildman–Crippen MR) is 157 cm³/mol. The number of nitrogen functional groups attached to an aromatic ring is 1. The molecule has 1 saturated carbocycles. The lowest BCUT2D eigenvalue weighted by Crippen LogP contribution is -2.54. The van der Waals surface area contributed by atoms with Crippen molar-refractivity contribution >= 4 is 43.1 Å². The van der Waals surface area contributed by atoms with E-state index in [1.54, 1.807) is 0 Å². The van der Waals surface area contributed by atoms with Gasteiger partial charge in [0.1, 0.15) is 28.1 Å². The highest BCUT2D eigenvalue weighted by molar-refractivity contribution is 7.23. The molecule has 42 heavy (non-hydrogen) atoms. The highest BCUT2D eigenvalue weighted by Crippen LogP contribution is 2.43. The van der Waals surface area contributed by atoms with Crippen molar-refractivity contribution in [2.45, 2.75) is 31.2 Å². The highest BCUT2D eigenvalue weighted by Gasteiger charge is 2.39. The summed E-state index contributed by atoms with van der Waals surface area (Å²) in [5, 5.41) is 13.4. The van der Waals surface area contributed by atoms with Crippen LogP contribution in [0.25, 0.3) is 32.2 Å². The molecule has 13 heteroatoms. The molecule has 1 aliphatic heterocycles. The van der Waals surface area contributed by atoms with E-state index in [2.05, 4.69) is 30.1 Å². The molecule has 0 radical (unpaired) electrons. The van der Waals surface area contributed by atoms with E-state index in [1.165, 1.54) is 6.20 Å². The van der Waals surface area contributed by atoms with Crippen LogP contribution in [-0.4, -0.2) is 77.7 Å². The third kappa shape index (κ3) is 4.77. The topological polar surface area (TPSA) is 116 Å². The summed E-state index contributed by atoms with van der Waals surface area (Å²) in [6, 6.07) is 2.78. The van der Waals surface area contributed by atoms with Crippen LogP contribution in [0, 0.1) is 34.7 Å². The lowest BCUT2D eigenvalue weighted by atomic mass is 9.75. The highest BCUT2D eigenvalue weighted by atomic mass is 32.1. The van der Waals surface area contributed by atoms with Crippen LogP contribution in [0.5, 0.6) is 6.01 Å². The number of benzene rings is 1. The van der Waals surface area contributed by atoms with Crippen molar-refractivity contribution in [1.82, 2.24) is 24.8 Å². The number of nitrogens with two attached hydrogens (primary N) is 1. The molecular formula is C29H31F3N8OS. The maximum atomic E-state index is 16.4. The molecule has 9 nitrogen and oxygen atoms in total. The van der Waals surface area contributed by atoms with E-state index in [9.17, 15) is 14.0 Å². The number of nitrogens with one attached hydrogen (secondary N) is 1. The van der Waals surface area contributed by atoms with Crippen LogP contribution in [0.3, 0.4) is 0 Å². The number of thiophene rings is 1. The van der Waals surface area contributed by atoms with Gasteiger partial charge in [-0.3, -0.25) is 4.98 Å². The minimum Gasteiger partial charge on any atom is -0.463 e. The zero-order chi connectivity index (χ0) is 29.8. The Morgan fingerprint density at radius 1 is 1.26 bits per heavy atom. The van der Waals surface area contributed by atoms with Gasteiger partial charge in [-0.05, 0) is 59.4 Å². The van der Waals surface area contributed by atoms with Crippen LogP contribution in [0.4, 0.5) is 24.0 Å². The summed E-state index contributed by atoms with van der Waals surface area (Å²) in [6.45, 7) is 2.80. The number of fused-ring (bicyclic) bond motifs is 2. The first-order valence-electron chi connectivity index (χ1n) is 13.8. The van der Waals surface area contributed by atoms with Gasteiger partial charge in [0.25, 0.3) is 0 Å². The van der Waals surface area contributed by atoms with E-state index in [1.807, 2.05) is 27.2 Å². The van der Waals surface area contributed by atoms with Crippen molar-refractivity contribution in [3.05, 3.63) is 35.3 Å². The van der Waals surface area contributed by atoms with Gasteiger partial charge in [0.15, 0.2) is 17.5 Å². The average Bonchev–Trinajstić information content (AvgIpc) is 3.51. The number of likely N-dealkylation sites (N-methyl/N-ethyl adjacent to an activating group) is 1. The Balaban J connectivity index is 1.47. The molecule has 6 rings (SSSR count). The van der Waals surface area contributed by atoms with Crippen LogP contribution in [-0.2, 0) is 0 Å². The largest absolute Gasteiger partial charge is 0.463 e. The number of halogens is 3. The second-order valence-corrected chi connectivity index (χ2v) is 12.5. The summed E-state index contributed by atoms with van der Waals surface area (Å²) in [7, 11) is 6.12. The number of hydrogen-bond acceptors (Lipinski definition) is 10. The standard InChI is InChI=1S/C29H31F3N8OS/c1-39(2)29(6-4-7-29)14-36-27-18-11-35-23(16-9-19(30)21(31)25-20(16)17(10-33)26(34)42-25)22(32)24(18)37-28(38-27)41-13-15-5-8-40(3)12-15/h9,11,15H,4-8,12-14,34H2,1-3H3,(H,36,37,38)/t15-/m1/s1. The Bertz CT molecular complexity index is 1730. The van der Waals surface area contributed by atoms with Crippen LogP contribution in [0.2, 0.25) is 0 Å². The summed E-state index contributed by atoms with van der Waals surface area (Å²) in [5.74, 6) is -2.55. The van der Waals surface area contributed by atoms with Gasteiger partial charge >= 0.3 is 6.01 Å². The molecule has 0 bridgehead atoms. The number of ether oxygens (including phenoxy) is 1. The SMILES string of the molecule is CN1CC[C@@H](COc2nc(NCC3(N(C)C)CCC3)c3cnc(-c4cc(F)c(F)c5sc(N)c(C#N)c45)c(F)c3n2)C1. The number of aromatic nitrogens is 3. The van der Waals surface area contributed by atoms with Crippen molar-refractivity contribution in [2.75, 3.05) is 58.4 Å². The second-order valence-electron chi connectivity index (χ2n) is 11.5. The van der Waals surface area contributed by atoms with Gasteiger partial charge in [-0.25, -0.2) is 13.2 Å². The number of rotatable bonds is 8. The number of anilines is 2. The third-order valence-electron chi connectivity index (χ3n) is 8.67. The van der Waals surface area contributed by atoms with Gasteiger partial charge in [0.2, 0.25) is 0 Å². The van der Waals surface area contributed by atoms with E-state index in [0.29, 0.717) is 30.3 Å². The van der Waals surface area contributed by atoms with Gasteiger partial charge in [-0.2, -0.15) is 15.2 Å². The molecule has 1 aromatic carbocycles. The molecule has 2 aliphatic rings. The Morgan fingerprint density at radius 3 is 2.69 bits per heavy atom. The summed E-state index contributed by atoms with van der Waals surface area (Å²) >= 11 is 0.732. The minimum atomic E-state index is -1.20. The molecule has 0 spiro atoms. The summed E-state index contributed by atoms with van der Waals surface area (Å²) in [5.41, 5.74) is 5.38. The fraction of sp³-hybridized carbons (Fsp3) is 0.448. The zero-order valence-corrected chi connectivity index (χ0v) is 24.4. The first kappa shape index (κ1) is 28.4. The van der Waals surface area contributed by atoms with Gasteiger partial charge in [0, 0.05) is 41.7 Å². The van der Waals surface area contributed by atoms with E-state index in [4.69, 9.17) is 10.5 Å². The summed E-state index contributed by atoms with van der Waals surface area (Å²) in [6.07, 6.45) is 5.53. The first-order valence-corrected chi connectivity index (χ1v) is 14.6. The normalized spacial score (nSPS) is 18.5. The Morgan fingerprint density at radius 2 is 2.05 bits per heavy atom. The van der Waals surface area contributed by atoms with Gasteiger partial charge in [-0.15, -0.1) is 11.3 Å². The number of nitriles is 1. The molecule has 2 fully saturated rings. The smallest absolute Gasteiger partial charge is 0.319 e. The van der Waals surface area contributed by atoms with E-state index in [0.717, 1.165) is 56.2 Å². The number of pyridine rings is 1. The molecule has 3 aromatic heterocycles. The average molecular weight is 597 g/mol. The summed E-state index contributed by atoms with van der Waals surface area (Å²) in [4.78, 5) is 17.7. The van der Waals surface area contributed by atoms with Crippen LogP contribution >= 0.6 is 11.3 Å². The van der Waals surface area contributed by atoms with Crippen LogP contribution in [0.1, 0.15) is 31.2 Å². The molecule has 4 heterocycles. The van der Waals surface area contributed by atoms with E-state index in [-0.39, 0.29) is 49.0 Å². The van der Waals surface area contributed by atoms with Crippen LogP contribution < -0.4 is 15.8 Å². The van der Waals surface area contributed by atoms with E-state index < -0.39 is 17.5 Å². The lowest BCUT2D eigenvalue weighted by Gasteiger charge is -2.47. The lowest BCUT2D eigenvalue weighted by molar-refractivity contribution is 0.0738. The maximum Gasteiger partial charge on any atom is 0.319 e. The van der Waals surface area contributed by atoms with Crippen molar-refractivity contribution in [3.63, 3.8) is 0 Å². The fourth-order valence-electron chi connectivity index (χ4n) is 5.92. The molecule has 1 atom stereocenters. The van der Waals surface area contributed by atoms with Gasteiger partial charge in [-0.1, -0.05) is 0 Å². The fourth-order valence-corrected chi connectivity index (χ4v) is 6.89. The molecule has 1 aliphatic carbocycles. The number of likely N-dealkylation sites (tertiary alicyclic amines) is 1. The Hall–Kier alpha value is -3.73. The Labute approximate surface area is 245 Å². The van der Waals surface area contributed by atoms with Gasteiger partial charge < -0.3 is 25.6 Å². The minimum absolute atomic E-state index is 0.00678. The second kappa shape index (κ2) is 10.8. The monoisotopic (exact) mass is 596 g/mol. The van der Waals surface area contributed by atoms with Crippen molar-refractivity contribution < 1.29 is 17.9 Å². The summed E-state index contributed by atoms with van der Waals surface area (Å²) < 4.78 is 51.6. The Kier molecular flexibility index (Phi) is 7.32. The van der Waals surface area contributed by atoms with Gasteiger partial charge in [0.05, 0.1) is 22.3 Å². The maximum absolute atomic E-state index is 16.4. The molecule has 4 aromatic rings. The predicted octanol–water partition coefficient (Wildman–Crippen LogP) is 5.00. The molecule has 1 saturated heterocycles. The molecule has 3 N–H and O–H groups in total.